The van der Waals surface area contributed by atoms with E-state index in [9.17, 15) is 14.4 Å². The third kappa shape index (κ3) is 3.37. The van der Waals surface area contributed by atoms with E-state index in [1.807, 2.05) is 66.7 Å². The molecule has 156 valence electrons. The Labute approximate surface area is 184 Å². The lowest BCUT2D eigenvalue weighted by Gasteiger charge is -2.25. The van der Waals surface area contributed by atoms with Crippen LogP contribution in [0.25, 0.3) is 0 Å². The molecular formula is C26H18N2O4. The number of rotatable bonds is 4. The van der Waals surface area contributed by atoms with Crippen LogP contribution in [0.2, 0.25) is 0 Å². The second-order valence-corrected chi connectivity index (χ2v) is 7.37. The summed E-state index contributed by atoms with van der Waals surface area (Å²) in [7, 11) is 0. The topological polar surface area (TPSA) is 75.7 Å². The number of hydrogen-bond acceptors (Lipinski definition) is 5. The molecule has 0 spiro atoms. The maximum atomic E-state index is 13.1. The van der Waals surface area contributed by atoms with E-state index in [4.69, 9.17) is 4.74 Å². The molecule has 1 unspecified atom stereocenters. The number of para-hydroxylation sites is 2. The number of nitrogens with one attached hydrogen (secondary N) is 1. The van der Waals surface area contributed by atoms with Crippen LogP contribution in [0.1, 0.15) is 11.6 Å². The number of Topliss-reactive ketones (excluding diaryl/α,β-unsaturated/α-hetero) is 1. The normalized spacial score (nSPS) is 20.4. The number of ketones is 1. The van der Waals surface area contributed by atoms with E-state index in [0.29, 0.717) is 11.4 Å². The molecule has 0 bridgehead atoms. The SMILES string of the molecule is O=C1O/C(=C2\C(=O)C(=O)N(c3ccccc3)C2c2ccccc2)C=C1Nc1ccccc1. The molecule has 6 heteroatoms. The van der Waals surface area contributed by atoms with Gasteiger partial charge in [-0.15, -0.1) is 0 Å². The van der Waals surface area contributed by atoms with Gasteiger partial charge in [0.2, 0.25) is 0 Å². The minimum atomic E-state index is -0.714. The average molecular weight is 422 g/mol. The average Bonchev–Trinajstić information content (AvgIpc) is 3.32. The molecule has 1 atom stereocenters. The summed E-state index contributed by atoms with van der Waals surface area (Å²) in [6, 6.07) is 26.7. The molecule has 0 saturated carbocycles. The van der Waals surface area contributed by atoms with Crippen molar-refractivity contribution in [2.45, 2.75) is 6.04 Å². The minimum Gasteiger partial charge on any atom is -0.421 e. The molecule has 1 fully saturated rings. The van der Waals surface area contributed by atoms with Crippen LogP contribution in [0.4, 0.5) is 11.4 Å². The Morgan fingerprint density at radius 1 is 0.750 bits per heavy atom. The van der Waals surface area contributed by atoms with E-state index in [1.54, 1.807) is 24.3 Å². The number of amides is 1. The Morgan fingerprint density at radius 2 is 1.34 bits per heavy atom. The van der Waals surface area contributed by atoms with E-state index < -0.39 is 23.7 Å². The van der Waals surface area contributed by atoms with Gasteiger partial charge in [0, 0.05) is 17.5 Å². The number of allylic oxidation sites excluding steroid dienone is 1. The number of carbonyl (C=O) groups excluding carboxylic acids is 3. The number of benzene rings is 3. The van der Waals surface area contributed by atoms with Crippen LogP contribution in [-0.2, 0) is 19.1 Å². The van der Waals surface area contributed by atoms with Crippen molar-refractivity contribution in [3.8, 4) is 0 Å². The van der Waals surface area contributed by atoms with Gasteiger partial charge in [-0.1, -0.05) is 66.7 Å². The van der Waals surface area contributed by atoms with Crippen LogP contribution in [0.3, 0.4) is 0 Å². The standard InChI is InChI=1S/C26H18N2O4/c29-24-22(21-16-20(26(31)32-21)27-18-12-6-2-7-13-18)23(17-10-4-1-5-11-17)28(25(24)30)19-14-8-3-9-15-19/h1-16,23,27H/b22-21-. The second-order valence-electron chi connectivity index (χ2n) is 7.37. The van der Waals surface area contributed by atoms with E-state index >= 15 is 0 Å². The van der Waals surface area contributed by atoms with Crippen molar-refractivity contribution in [1.82, 2.24) is 0 Å². The van der Waals surface area contributed by atoms with Crippen molar-refractivity contribution in [1.29, 1.82) is 0 Å². The first-order valence-corrected chi connectivity index (χ1v) is 10.1. The highest BCUT2D eigenvalue weighted by molar-refractivity contribution is 6.51. The van der Waals surface area contributed by atoms with E-state index in [2.05, 4.69) is 5.32 Å². The fourth-order valence-corrected chi connectivity index (χ4v) is 3.92. The van der Waals surface area contributed by atoms with E-state index in [-0.39, 0.29) is 17.0 Å². The zero-order valence-electron chi connectivity index (χ0n) is 16.9. The molecule has 6 nitrogen and oxygen atoms in total. The molecular weight excluding hydrogens is 404 g/mol. The number of cyclic esters (lactones) is 1. The summed E-state index contributed by atoms with van der Waals surface area (Å²) in [5, 5.41) is 3.01. The lowest BCUT2D eigenvalue weighted by atomic mass is 9.97. The summed E-state index contributed by atoms with van der Waals surface area (Å²) >= 11 is 0. The fraction of sp³-hybridized carbons (Fsp3) is 0.0385. The highest BCUT2D eigenvalue weighted by Crippen LogP contribution is 2.42. The predicted octanol–water partition coefficient (Wildman–Crippen LogP) is 4.15. The summed E-state index contributed by atoms with van der Waals surface area (Å²) < 4.78 is 5.47. The molecule has 0 aliphatic carbocycles. The van der Waals surface area contributed by atoms with E-state index in [1.165, 1.54) is 11.0 Å². The molecule has 3 aromatic carbocycles. The molecule has 2 heterocycles. The number of esters is 1. The summed E-state index contributed by atoms with van der Waals surface area (Å²) in [6.07, 6.45) is 1.49. The Hall–Kier alpha value is -4.45. The van der Waals surface area contributed by atoms with Gasteiger partial charge in [-0.3, -0.25) is 14.5 Å². The number of anilines is 2. The largest absolute Gasteiger partial charge is 0.421 e. The first-order chi connectivity index (χ1) is 15.6. The maximum Gasteiger partial charge on any atom is 0.360 e. The molecule has 2 aliphatic heterocycles. The smallest absolute Gasteiger partial charge is 0.360 e. The lowest BCUT2D eigenvalue weighted by molar-refractivity contribution is -0.134. The molecule has 3 aromatic rings. The monoisotopic (exact) mass is 422 g/mol. The molecule has 5 rings (SSSR count). The summed E-state index contributed by atoms with van der Waals surface area (Å²) in [5.74, 6) is -1.88. The van der Waals surface area contributed by atoms with Crippen LogP contribution in [0.5, 0.6) is 0 Å². The number of hydrogen-bond donors (Lipinski definition) is 1. The number of ether oxygens (including phenoxy) is 1. The second kappa shape index (κ2) is 8.00. The Morgan fingerprint density at radius 3 is 2.00 bits per heavy atom. The first kappa shape index (κ1) is 19.5. The molecule has 1 amide bonds. The molecule has 2 aliphatic rings. The van der Waals surface area contributed by atoms with Gasteiger partial charge in [0.05, 0.1) is 11.6 Å². The lowest BCUT2D eigenvalue weighted by Crippen LogP contribution is -2.29. The van der Waals surface area contributed by atoms with Gasteiger partial charge in [-0.2, -0.15) is 0 Å². The minimum absolute atomic E-state index is 0.0825. The highest BCUT2D eigenvalue weighted by Gasteiger charge is 2.47. The van der Waals surface area contributed by atoms with Gasteiger partial charge < -0.3 is 10.1 Å². The van der Waals surface area contributed by atoms with Crippen LogP contribution in [-0.4, -0.2) is 17.7 Å². The zero-order chi connectivity index (χ0) is 22.1. The van der Waals surface area contributed by atoms with Gasteiger partial charge in [0.1, 0.15) is 11.5 Å². The Bertz CT molecular complexity index is 1260. The molecule has 1 saturated heterocycles. The first-order valence-electron chi connectivity index (χ1n) is 10.1. The van der Waals surface area contributed by atoms with Crippen molar-refractivity contribution < 1.29 is 19.1 Å². The summed E-state index contributed by atoms with van der Waals surface area (Å²) in [6.45, 7) is 0. The molecule has 0 radical (unpaired) electrons. The van der Waals surface area contributed by atoms with Crippen molar-refractivity contribution in [2.75, 3.05) is 10.2 Å². The van der Waals surface area contributed by atoms with Crippen LogP contribution >= 0.6 is 0 Å². The Kier molecular flexibility index (Phi) is 4.88. The van der Waals surface area contributed by atoms with E-state index in [0.717, 1.165) is 5.56 Å². The quantitative estimate of drug-likeness (QED) is 0.388. The maximum absolute atomic E-state index is 13.1. The summed E-state index contributed by atoms with van der Waals surface area (Å²) in [4.78, 5) is 40.2. The Balaban J connectivity index is 1.63. The number of nitrogens with zero attached hydrogens (tertiary/aromatic N) is 1. The molecule has 1 N–H and O–H groups in total. The van der Waals surface area contributed by atoms with Gasteiger partial charge in [-0.05, 0) is 29.8 Å². The fourth-order valence-electron chi connectivity index (χ4n) is 3.92. The van der Waals surface area contributed by atoms with Crippen LogP contribution < -0.4 is 10.2 Å². The molecule has 32 heavy (non-hydrogen) atoms. The van der Waals surface area contributed by atoms with Crippen molar-refractivity contribution in [2.24, 2.45) is 0 Å². The van der Waals surface area contributed by atoms with Crippen LogP contribution in [0.15, 0.2) is 114 Å². The molecule has 0 aromatic heterocycles. The third-order valence-electron chi connectivity index (χ3n) is 5.36. The van der Waals surface area contributed by atoms with Crippen molar-refractivity contribution >= 4 is 29.0 Å². The van der Waals surface area contributed by atoms with Crippen LogP contribution in [0, 0.1) is 0 Å². The third-order valence-corrected chi connectivity index (χ3v) is 5.36. The predicted molar refractivity (Wildman–Crippen MR) is 119 cm³/mol. The summed E-state index contributed by atoms with van der Waals surface area (Å²) in [5.41, 5.74) is 2.38. The highest BCUT2D eigenvalue weighted by atomic mass is 16.5. The van der Waals surface area contributed by atoms with Gasteiger partial charge in [0.25, 0.3) is 11.7 Å². The zero-order valence-corrected chi connectivity index (χ0v) is 16.9. The van der Waals surface area contributed by atoms with Crippen molar-refractivity contribution in [3.05, 3.63) is 120 Å². The number of carbonyl (C=O) groups is 3. The van der Waals surface area contributed by atoms with Gasteiger partial charge in [-0.25, -0.2) is 4.79 Å². The van der Waals surface area contributed by atoms with Crippen molar-refractivity contribution in [3.63, 3.8) is 0 Å². The van der Waals surface area contributed by atoms with Gasteiger partial charge in [0.15, 0.2) is 0 Å². The van der Waals surface area contributed by atoms with Gasteiger partial charge >= 0.3 is 5.97 Å².